The molecule has 1 aliphatic rings. The van der Waals surface area contributed by atoms with E-state index in [0.717, 1.165) is 6.42 Å². The second-order valence-electron chi connectivity index (χ2n) is 5.82. The monoisotopic (exact) mass is 249 g/mol. The van der Waals surface area contributed by atoms with E-state index in [9.17, 15) is 13.9 Å². The van der Waals surface area contributed by atoms with Crippen LogP contribution in [0.1, 0.15) is 46.0 Å². The normalized spacial score (nSPS) is 29.3. The number of rotatable bonds is 5. The molecular weight excluding hydrogens is 224 g/mol. The van der Waals surface area contributed by atoms with Gasteiger partial charge in [-0.15, -0.1) is 0 Å². The molecule has 0 aromatic heterocycles. The number of hydrogen-bond donors (Lipinski definition) is 1. The van der Waals surface area contributed by atoms with Crippen LogP contribution in [0.4, 0.5) is 8.78 Å². The summed E-state index contributed by atoms with van der Waals surface area (Å²) >= 11 is 0. The number of aliphatic hydroxyl groups excluding tert-OH is 1. The van der Waals surface area contributed by atoms with Crippen LogP contribution in [0.25, 0.3) is 0 Å². The molecule has 0 bridgehead atoms. The maximum atomic E-state index is 13.1. The van der Waals surface area contributed by atoms with E-state index in [1.54, 1.807) is 0 Å². The maximum absolute atomic E-state index is 13.1. The molecule has 3 atom stereocenters. The van der Waals surface area contributed by atoms with Gasteiger partial charge in [0.2, 0.25) is 5.92 Å². The Balaban J connectivity index is 2.57. The van der Waals surface area contributed by atoms with Gasteiger partial charge in [-0.3, -0.25) is 0 Å². The smallest absolute Gasteiger partial charge is 0.248 e. The van der Waals surface area contributed by atoms with Gasteiger partial charge in [-0.05, 0) is 46.2 Å². The van der Waals surface area contributed by atoms with Crippen molar-refractivity contribution >= 4 is 0 Å². The van der Waals surface area contributed by atoms with Gasteiger partial charge in [-0.25, -0.2) is 8.78 Å². The van der Waals surface area contributed by atoms with E-state index in [0.29, 0.717) is 12.8 Å². The lowest BCUT2D eigenvalue weighted by Gasteiger charge is -2.40. The fraction of sp³-hybridized carbons (Fsp3) is 1.00. The van der Waals surface area contributed by atoms with Crippen LogP contribution in [-0.2, 0) is 0 Å². The summed E-state index contributed by atoms with van der Waals surface area (Å²) in [5.41, 5.74) is -0.322. The molecule has 1 aliphatic carbocycles. The van der Waals surface area contributed by atoms with Crippen molar-refractivity contribution in [2.75, 3.05) is 14.1 Å². The molecule has 0 spiro atoms. The van der Waals surface area contributed by atoms with Gasteiger partial charge in [0.1, 0.15) is 0 Å². The van der Waals surface area contributed by atoms with Crippen LogP contribution in [0.3, 0.4) is 0 Å². The van der Waals surface area contributed by atoms with Crippen LogP contribution >= 0.6 is 0 Å². The van der Waals surface area contributed by atoms with Crippen LogP contribution in [0.5, 0.6) is 0 Å². The van der Waals surface area contributed by atoms with Gasteiger partial charge in [-0.1, -0.05) is 6.92 Å². The molecule has 0 heterocycles. The predicted molar refractivity (Wildman–Crippen MR) is 65.3 cm³/mol. The molecule has 102 valence electrons. The van der Waals surface area contributed by atoms with E-state index < -0.39 is 12.0 Å². The molecule has 17 heavy (non-hydrogen) atoms. The Labute approximate surface area is 103 Å². The summed E-state index contributed by atoms with van der Waals surface area (Å²) in [6, 6.07) is 0. The van der Waals surface area contributed by atoms with Crippen LogP contribution in [0.15, 0.2) is 0 Å². The number of aliphatic hydroxyl groups is 1. The lowest BCUT2D eigenvalue weighted by molar-refractivity contribution is -0.0214. The molecule has 0 radical (unpaired) electrons. The molecule has 0 amide bonds. The molecule has 0 aliphatic heterocycles. The van der Waals surface area contributed by atoms with Crippen LogP contribution < -0.4 is 0 Å². The lowest BCUT2D eigenvalue weighted by Crippen LogP contribution is -2.51. The van der Waals surface area contributed by atoms with Crippen LogP contribution in [0, 0.1) is 5.92 Å². The van der Waals surface area contributed by atoms with Gasteiger partial charge < -0.3 is 10.0 Å². The number of nitrogens with zero attached hydrogens (tertiary/aromatic N) is 1. The first-order valence-corrected chi connectivity index (χ1v) is 6.44. The van der Waals surface area contributed by atoms with E-state index in [4.69, 9.17) is 0 Å². The van der Waals surface area contributed by atoms with Gasteiger partial charge in [0.15, 0.2) is 0 Å². The van der Waals surface area contributed by atoms with Crippen molar-refractivity contribution in [2.45, 2.75) is 63.5 Å². The van der Waals surface area contributed by atoms with E-state index >= 15 is 0 Å². The summed E-state index contributed by atoms with van der Waals surface area (Å²) in [5.74, 6) is -2.55. The summed E-state index contributed by atoms with van der Waals surface area (Å²) in [6.45, 7) is 4.01. The standard InChI is InChI=1S/C13H25F2NO/c1-5-12(2,16(3)4)11(17)8-10-6-7-13(14,15)9-10/h10-11,17H,5-9H2,1-4H3. The summed E-state index contributed by atoms with van der Waals surface area (Å²) in [5, 5.41) is 10.3. The third kappa shape index (κ3) is 3.38. The SMILES string of the molecule is CCC(C)(C(O)CC1CCC(F)(F)C1)N(C)C. The second-order valence-corrected chi connectivity index (χ2v) is 5.82. The van der Waals surface area contributed by atoms with E-state index in [-0.39, 0.29) is 24.3 Å². The van der Waals surface area contributed by atoms with Crippen molar-refractivity contribution in [3.63, 3.8) is 0 Å². The minimum absolute atomic E-state index is 0.0187. The zero-order valence-electron chi connectivity index (χ0n) is 11.3. The zero-order chi connectivity index (χ0) is 13.3. The average Bonchev–Trinajstić information content (AvgIpc) is 2.56. The molecule has 1 saturated carbocycles. The zero-order valence-corrected chi connectivity index (χ0v) is 11.3. The largest absolute Gasteiger partial charge is 0.391 e. The number of hydrogen-bond acceptors (Lipinski definition) is 2. The Bertz CT molecular complexity index is 258. The highest BCUT2D eigenvalue weighted by atomic mass is 19.3. The van der Waals surface area contributed by atoms with Crippen molar-refractivity contribution < 1.29 is 13.9 Å². The predicted octanol–water partition coefficient (Wildman–Crippen LogP) is 2.90. The highest BCUT2D eigenvalue weighted by Crippen LogP contribution is 2.42. The molecule has 0 saturated heterocycles. The van der Waals surface area contributed by atoms with Crippen molar-refractivity contribution in [1.82, 2.24) is 4.90 Å². The summed E-state index contributed by atoms with van der Waals surface area (Å²) in [4.78, 5) is 1.99. The topological polar surface area (TPSA) is 23.5 Å². The lowest BCUT2D eigenvalue weighted by atomic mass is 9.84. The Morgan fingerprint density at radius 1 is 1.47 bits per heavy atom. The quantitative estimate of drug-likeness (QED) is 0.810. The molecule has 0 aromatic carbocycles. The Kier molecular flexibility index (Phi) is 4.53. The van der Waals surface area contributed by atoms with Crippen molar-refractivity contribution in [3.05, 3.63) is 0 Å². The van der Waals surface area contributed by atoms with Crippen LogP contribution in [-0.4, -0.2) is 41.7 Å². The molecule has 2 nitrogen and oxygen atoms in total. The number of halogens is 2. The average molecular weight is 249 g/mol. The van der Waals surface area contributed by atoms with Gasteiger partial charge in [-0.2, -0.15) is 0 Å². The fourth-order valence-electron chi connectivity index (χ4n) is 2.66. The van der Waals surface area contributed by atoms with Gasteiger partial charge in [0.25, 0.3) is 0 Å². The van der Waals surface area contributed by atoms with E-state index in [1.807, 2.05) is 32.8 Å². The summed E-state index contributed by atoms with van der Waals surface area (Å²) in [6.07, 6.45) is 1.22. The van der Waals surface area contributed by atoms with Gasteiger partial charge in [0, 0.05) is 18.4 Å². The highest BCUT2D eigenvalue weighted by molar-refractivity contribution is 4.92. The first kappa shape index (κ1) is 14.8. The first-order valence-electron chi connectivity index (χ1n) is 6.44. The summed E-state index contributed by atoms with van der Waals surface area (Å²) in [7, 11) is 3.85. The highest BCUT2D eigenvalue weighted by Gasteiger charge is 2.42. The first-order chi connectivity index (χ1) is 7.71. The maximum Gasteiger partial charge on any atom is 0.248 e. The number of alkyl halides is 2. The molecule has 0 aromatic rings. The van der Waals surface area contributed by atoms with Gasteiger partial charge >= 0.3 is 0 Å². The minimum Gasteiger partial charge on any atom is -0.391 e. The van der Waals surface area contributed by atoms with Crippen molar-refractivity contribution in [1.29, 1.82) is 0 Å². The van der Waals surface area contributed by atoms with Crippen LogP contribution in [0.2, 0.25) is 0 Å². The summed E-state index contributed by atoms with van der Waals surface area (Å²) < 4.78 is 26.2. The van der Waals surface area contributed by atoms with Crippen molar-refractivity contribution in [2.24, 2.45) is 5.92 Å². The second kappa shape index (κ2) is 5.19. The Morgan fingerprint density at radius 3 is 2.41 bits per heavy atom. The number of likely N-dealkylation sites (N-methyl/N-ethyl adjacent to an activating group) is 1. The van der Waals surface area contributed by atoms with E-state index in [2.05, 4.69) is 0 Å². The molecule has 1 N–H and O–H groups in total. The third-order valence-electron chi connectivity index (χ3n) is 4.52. The molecular formula is C13H25F2NO. The van der Waals surface area contributed by atoms with Crippen molar-refractivity contribution in [3.8, 4) is 0 Å². The third-order valence-corrected chi connectivity index (χ3v) is 4.52. The molecule has 1 fully saturated rings. The Morgan fingerprint density at radius 2 is 2.06 bits per heavy atom. The molecule has 4 heteroatoms. The van der Waals surface area contributed by atoms with Gasteiger partial charge in [0.05, 0.1) is 6.10 Å². The molecule has 1 rings (SSSR count). The minimum atomic E-state index is -2.51. The van der Waals surface area contributed by atoms with E-state index in [1.165, 1.54) is 0 Å². The fourth-order valence-corrected chi connectivity index (χ4v) is 2.66. The Hall–Kier alpha value is -0.220. The molecule has 3 unspecified atom stereocenters.